The summed E-state index contributed by atoms with van der Waals surface area (Å²) in [6.45, 7) is 6.16. The van der Waals surface area contributed by atoms with E-state index < -0.39 is 17.7 Å². The lowest BCUT2D eigenvalue weighted by atomic mass is 9.70. The van der Waals surface area contributed by atoms with Crippen LogP contribution in [0.5, 0.6) is 0 Å². The second-order valence-electron chi connectivity index (χ2n) is 7.36. The van der Waals surface area contributed by atoms with Gasteiger partial charge in [-0.2, -0.15) is 13.2 Å². The van der Waals surface area contributed by atoms with Gasteiger partial charge in [0.25, 0.3) is 5.60 Å². The Hall–Kier alpha value is -1.82. The van der Waals surface area contributed by atoms with Crippen LogP contribution in [-0.2, 0) is 19.9 Å². The molecular weight excluding hydrogens is 357 g/mol. The van der Waals surface area contributed by atoms with Crippen LogP contribution in [0.1, 0.15) is 51.0 Å². The van der Waals surface area contributed by atoms with Crippen molar-refractivity contribution < 1.29 is 27.4 Å². The molecule has 2 atom stereocenters. The van der Waals surface area contributed by atoms with Crippen LogP contribution >= 0.6 is 0 Å². The van der Waals surface area contributed by atoms with Crippen molar-refractivity contribution in [2.45, 2.75) is 57.2 Å². The Morgan fingerprint density at radius 3 is 2.44 bits per heavy atom. The largest absolute Gasteiger partial charge is 0.463 e. The van der Waals surface area contributed by atoms with Gasteiger partial charge in [0.05, 0.1) is 6.61 Å². The molecule has 0 heterocycles. The van der Waals surface area contributed by atoms with Crippen molar-refractivity contribution in [2.24, 2.45) is 5.41 Å². The quantitative estimate of drug-likeness (QED) is 0.351. The fourth-order valence-electron chi connectivity index (χ4n) is 3.75. The first-order chi connectivity index (χ1) is 12.7. The van der Waals surface area contributed by atoms with Gasteiger partial charge in [0.2, 0.25) is 0 Å². The summed E-state index contributed by atoms with van der Waals surface area (Å²) in [4.78, 5) is 12.5. The Bertz CT molecular complexity index is 656. The first kappa shape index (κ1) is 21.5. The summed E-state index contributed by atoms with van der Waals surface area (Å²) in [6.07, 6.45) is 0.500. The Morgan fingerprint density at radius 2 is 1.89 bits per heavy atom. The summed E-state index contributed by atoms with van der Waals surface area (Å²) in [5, 5.41) is 0. The average Bonchev–Trinajstić information content (AvgIpc) is 2.62. The fourth-order valence-corrected chi connectivity index (χ4v) is 3.75. The molecule has 1 saturated carbocycles. The molecule has 0 amide bonds. The highest BCUT2D eigenvalue weighted by Gasteiger charge is 2.64. The lowest BCUT2D eigenvalue weighted by Gasteiger charge is -2.36. The maximum atomic E-state index is 13.8. The summed E-state index contributed by atoms with van der Waals surface area (Å²) in [5.74, 6) is -1.43. The van der Waals surface area contributed by atoms with E-state index in [1.165, 1.54) is 29.8 Å². The summed E-state index contributed by atoms with van der Waals surface area (Å²) >= 11 is 0. The van der Waals surface area contributed by atoms with Crippen LogP contribution in [0.3, 0.4) is 0 Å². The molecular formula is C21H27F3O3. The van der Waals surface area contributed by atoms with Gasteiger partial charge in [0, 0.05) is 12.7 Å². The van der Waals surface area contributed by atoms with Crippen molar-refractivity contribution in [3.8, 4) is 0 Å². The van der Waals surface area contributed by atoms with E-state index in [4.69, 9.17) is 9.47 Å². The van der Waals surface area contributed by atoms with E-state index in [9.17, 15) is 18.0 Å². The summed E-state index contributed by atoms with van der Waals surface area (Å²) in [5.41, 5.74) is -2.28. The van der Waals surface area contributed by atoms with E-state index in [2.05, 4.69) is 13.5 Å². The molecule has 1 aliphatic rings. The van der Waals surface area contributed by atoms with Crippen molar-refractivity contribution in [3.63, 3.8) is 0 Å². The van der Waals surface area contributed by atoms with Crippen LogP contribution in [0, 0.1) is 5.41 Å². The van der Waals surface area contributed by atoms with Gasteiger partial charge in [0.15, 0.2) is 0 Å². The number of methoxy groups -OCH3 is 1. The lowest BCUT2D eigenvalue weighted by Crippen LogP contribution is -2.51. The minimum absolute atomic E-state index is 0.0353. The molecule has 1 fully saturated rings. The first-order valence-corrected chi connectivity index (χ1v) is 9.20. The molecule has 2 rings (SSSR count). The number of ether oxygens (including phenoxy) is 2. The number of carbonyl (C=O) groups excluding carboxylic acids is 1. The number of hydrogen-bond donors (Lipinski definition) is 0. The Balaban J connectivity index is 2.06. The third-order valence-corrected chi connectivity index (χ3v) is 5.59. The van der Waals surface area contributed by atoms with Crippen LogP contribution in [0.4, 0.5) is 13.2 Å². The second kappa shape index (κ2) is 8.46. The molecule has 0 aliphatic heterocycles. The van der Waals surface area contributed by atoms with Crippen LogP contribution < -0.4 is 0 Å². The van der Waals surface area contributed by atoms with Crippen molar-refractivity contribution in [1.29, 1.82) is 0 Å². The zero-order chi connectivity index (χ0) is 20.1. The van der Waals surface area contributed by atoms with Gasteiger partial charge in [-0.15, -0.1) is 0 Å². The smallest absolute Gasteiger partial charge is 0.432 e. The van der Waals surface area contributed by atoms with E-state index in [1.807, 2.05) is 0 Å². The highest BCUT2D eigenvalue weighted by molar-refractivity contribution is 5.82. The Morgan fingerprint density at radius 1 is 1.22 bits per heavy atom. The molecule has 0 saturated heterocycles. The molecule has 6 heteroatoms. The first-order valence-electron chi connectivity index (χ1n) is 9.20. The van der Waals surface area contributed by atoms with E-state index in [0.717, 1.165) is 39.2 Å². The van der Waals surface area contributed by atoms with Gasteiger partial charge in [-0.25, -0.2) is 4.79 Å². The molecule has 1 aromatic carbocycles. The molecule has 0 spiro atoms. The van der Waals surface area contributed by atoms with Crippen LogP contribution in [0.2, 0.25) is 0 Å². The fraction of sp³-hybridized carbons (Fsp3) is 0.571. The number of carbonyl (C=O) groups is 1. The van der Waals surface area contributed by atoms with Gasteiger partial charge in [-0.1, -0.05) is 55.8 Å². The highest BCUT2D eigenvalue weighted by atomic mass is 19.4. The summed E-state index contributed by atoms with van der Waals surface area (Å²) in [7, 11) is 0.870. The third kappa shape index (κ3) is 4.37. The van der Waals surface area contributed by atoms with Crippen molar-refractivity contribution in [2.75, 3.05) is 13.7 Å². The molecule has 3 nitrogen and oxygen atoms in total. The monoisotopic (exact) mass is 384 g/mol. The molecule has 0 bridgehead atoms. The van der Waals surface area contributed by atoms with Gasteiger partial charge in [0.1, 0.15) is 0 Å². The van der Waals surface area contributed by atoms with Crippen LogP contribution in [-0.4, -0.2) is 25.9 Å². The number of halogens is 3. The molecule has 0 aromatic heterocycles. The average molecular weight is 384 g/mol. The van der Waals surface area contributed by atoms with Gasteiger partial charge in [-0.3, -0.25) is 0 Å². The Kier molecular flexibility index (Phi) is 6.73. The summed E-state index contributed by atoms with van der Waals surface area (Å²) < 4.78 is 51.1. The zero-order valence-electron chi connectivity index (χ0n) is 15.9. The maximum Gasteiger partial charge on any atom is 0.432 e. The molecule has 150 valence electrons. The standard InChI is InChI=1S/C21H27F3O3/c1-16-10-7-8-13-19(16,2)14-9-15-27-18(25)20(26-3,21(22,23)24)17-11-5-4-6-12-17/h4-6,11-12H,1,7-10,13-15H2,2-3H3/t19-,20-/m1/s1. The SMILES string of the molecule is C=C1CCCC[C@]1(C)CCCOC(=O)[C@](OC)(c1ccccc1)C(F)(F)F. The van der Waals surface area contributed by atoms with Crippen molar-refractivity contribution >= 4 is 5.97 Å². The van der Waals surface area contributed by atoms with Gasteiger partial charge >= 0.3 is 12.1 Å². The van der Waals surface area contributed by atoms with Crippen LogP contribution in [0.25, 0.3) is 0 Å². The van der Waals surface area contributed by atoms with E-state index in [-0.39, 0.29) is 17.6 Å². The van der Waals surface area contributed by atoms with Crippen molar-refractivity contribution in [1.82, 2.24) is 0 Å². The normalized spacial score (nSPS) is 22.9. The van der Waals surface area contributed by atoms with E-state index in [1.54, 1.807) is 6.07 Å². The second-order valence-corrected chi connectivity index (χ2v) is 7.36. The Labute approximate surface area is 158 Å². The van der Waals surface area contributed by atoms with Gasteiger partial charge in [-0.05, 0) is 37.5 Å². The number of esters is 1. The molecule has 1 aliphatic carbocycles. The predicted octanol–water partition coefficient (Wildman–Crippen LogP) is 5.55. The number of allylic oxidation sites excluding steroid dienone is 1. The zero-order valence-corrected chi connectivity index (χ0v) is 15.9. The minimum atomic E-state index is -4.94. The number of benzene rings is 1. The van der Waals surface area contributed by atoms with E-state index >= 15 is 0 Å². The van der Waals surface area contributed by atoms with Crippen molar-refractivity contribution in [3.05, 3.63) is 48.0 Å². The van der Waals surface area contributed by atoms with Gasteiger partial charge < -0.3 is 9.47 Å². The summed E-state index contributed by atoms with van der Waals surface area (Å²) in [6, 6.07) is 6.86. The molecule has 0 N–H and O–H groups in total. The number of hydrogen-bond acceptors (Lipinski definition) is 3. The number of rotatable bonds is 7. The van der Waals surface area contributed by atoms with Crippen LogP contribution in [0.15, 0.2) is 42.5 Å². The molecule has 1 aromatic rings. The maximum absolute atomic E-state index is 13.8. The van der Waals surface area contributed by atoms with E-state index in [0.29, 0.717) is 6.42 Å². The topological polar surface area (TPSA) is 35.5 Å². The predicted molar refractivity (Wildman–Crippen MR) is 97.1 cm³/mol. The minimum Gasteiger partial charge on any atom is -0.463 e. The molecule has 0 unspecified atom stereocenters. The number of alkyl halides is 3. The highest BCUT2D eigenvalue weighted by Crippen LogP contribution is 2.44. The molecule has 27 heavy (non-hydrogen) atoms. The lowest BCUT2D eigenvalue weighted by molar-refractivity contribution is -0.276. The molecule has 0 radical (unpaired) electrons. The third-order valence-electron chi connectivity index (χ3n) is 5.59.